The first-order chi connectivity index (χ1) is 16.4. The number of carbonyl (C=O) groups excluding carboxylic acids is 3. The van der Waals surface area contributed by atoms with Gasteiger partial charge in [-0.3, -0.25) is 19.1 Å². The molecule has 0 bridgehead atoms. The van der Waals surface area contributed by atoms with Gasteiger partial charge in [-0.2, -0.15) is 5.10 Å². The smallest absolute Gasteiger partial charge is 0.257 e. The lowest BCUT2D eigenvalue weighted by Gasteiger charge is -2.35. The van der Waals surface area contributed by atoms with E-state index in [9.17, 15) is 14.4 Å². The summed E-state index contributed by atoms with van der Waals surface area (Å²) in [6.45, 7) is 8.14. The number of hydrogen-bond donors (Lipinski definition) is 0. The SMILES string of the molecule is Cc1c(C(=O)N(CC(=O)c2c(Cl)cccc2Cl)CC2(C)CC2)cnn1[C@H]1CC[C@](C)(C(C)=O)CC1. The maximum Gasteiger partial charge on any atom is 0.257 e. The van der Waals surface area contributed by atoms with E-state index in [2.05, 4.69) is 12.0 Å². The van der Waals surface area contributed by atoms with Crippen molar-refractivity contribution in [1.29, 1.82) is 0 Å². The molecule has 0 radical (unpaired) electrons. The molecule has 4 rings (SSSR count). The van der Waals surface area contributed by atoms with Crippen molar-refractivity contribution in [3.8, 4) is 0 Å². The molecule has 0 unspecified atom stereocenters. The lowest BCUT2D eigenvalue weighted by atomic mass is 9.71. The lowest BCUT2D eigenvalue weighted by molar-refractivity contribution is -0.127. The van der Waals surface area contributed by atoms with Crippen LogP contribution in [0.3, 0.4) is 0 Å². The van der Waals surface area contributed by atoms with Gasteiger partial charge in [0, 0.05) is 17.7 Å². The maximum absolute atomic E-state index is 13.7. The maximum atomic E-state index is 13.7. The summed E-state index contributed by atoms with van der Waals surface area (Å²) in [4.78, 5) is 40.5. The minimum absolute atomic E-state index is 0.0185. The van der Waals surface area contributed by atoms with E-state index < -0.39 is 0 Å². The Morgan fingerprint density at radius 3 is 2.23 bits per heavy atom. The second kappa shape index (κ2) is 9.70. The number of rotatable bonds is 8. The van der Waals surface area contributed by atoms with Crippen LogP contribution in [0.2, 0.25) is 10.0 Å². The summed E-state index contributed by atoms with van der Waals surface area (Å²) in [6.07, 6.45) is 6.97. The van der Waals surface area contributed by atoms with Crippen LogP contribution in [0.1, 0.15) is 91.7 Å². The van der Waals surface area contributed by atoms with E-state index in [0.29, 0.717) is 12.1 Å². The van der Waals surface area contributed by atoms with Gasteiger partial charge in [0.2, 0.25) is 0 Å². The Morgan fingerprint density at radius 2 is 1.69 bits per heavy atom. The van der Waals surface area contributed by atoms with E-state index in [4.69, 9.17) is 23.2 Å². The molecule has 0 spiro atoms. The van der Waals surface area contributed by atoms with Crippen molar-refractivity contribution in [1.82, 2.24) is 14.7 Å². The van der Waals surface area contributed by atoms with Crippen molar-refractivity contribution in [3.63, 3.8) is 0 Å². The molecule has 1 aromatic heterocycles. The third-order valence-electron chi connectivity index (χ3n) is 8.07. The third kappa shape index (κ3) is 5.34. The van der Waals surface area contributed by atoms with Crippen LogP contribution >= 0.6 is 23.2 Å². The molecule has 2 aromatic rings. The summed E-state index contributed by atoms with van der Waals surface area (Å²) in [5.41, 5.74) is 1.29. The molecule has 0 N–H and O–H groups in total. The Hall–Kier alpha value is -2.18. The Balaban J connectivity index is 1.55. The van der Waals surface area contributed by atoms with Crippen LogP contribution in [0.4, 0.5) is 0 Å². The number of benzene rings is 1. The molecular formula is C27H33Cl2N3O3. The fourth-order valence-electron chi connectivity index (χ4n) is 5.06. The molecule has 2 saturated carbocycles. The fraction of sp³-hybridized carbons (Fsp3) is 0.556. The van der Waals surface area contributed by atoms with Gasteiger partial charge in [0.15, 0.2) is 5.78 Å². The molecule has 1 heterocycles. The van der Waals surface area contributed by atoms with Crippen molar-refractivity contribution in [2.45, 2.75) is 72.3 Å². The van der Waals surface area contributed by atoms with Crippen LogP contribution in [0, 0.1) is 17.8 Å². The molecule has 0 aliphatic heterocycles. The van der Waals surface area contributed by atoms with Crippen molar-refractivity contribution in [2.75, 3.05) is 13.1 Å². The van der Waals surface area contributed by atoms with Crippen LogP contribution in [0.15, 0.2) is 24.4 Å². The molecule has 1 aromatic carbocycles. The van der Waals surface area contributed by atoms with E-state index >= 15 is 0 Å². The van der Waals surface area contributed by atoms with E-state index in [-0.39, 0.29) is 56.5 Å². The third-order valence-corrected chi connectivity index (χ3v) is 8.70. The largest absolute Gasteiger partial charge is 0.330 e. The molecule has 8 heteroatoms. The number of amides is 1. The molecule has 35 heavy (non-hydrogen) atoms. The molecule has 1 amide bonds. The van der Waals surface area contributed by atoms with E-state index in [1.807, 2.05) is 18.5 Å². The van der Waals surface area contributed by atoms with Gasteiger partial charge < -0.3 is 4.90 Å². The minimum Gasteiger partial charge on any atom is -0.330 e. The topological polar surface area (TPSA) is 72.3 Å². The predicted octanol–water partition coefficient (Wildman–Crippen LogP) is 6.33. The second-order valence-corrected chi connectivity index (χ2v) is 11.7. The zero-order valence-electron chi connectivity index (χ0n) is 20.9. The van der Waals surface area contributed by atoms with Gasteiger partial charge in [-0.25, -0.2) is 0 Å². The average molecular weight is 518 g/mol. The van der Waals surface area contributed by atoms with Crippen molar-refractivity contribution in [2.24, 2.45) is 10.8 Å². The van der Waals surface area contributed by atoms with E-state index in [1.54, 1.807) is 36.2 Å². The highest BCUT2D eigenvalue weighted by atomic mass is 35.5. The number of Topliss-reactive ketones (excluding diaryl/α,β-unsaturated/α-hetero) is 2. The summed E-state index contributed by atoms with van der Waals surface area (Å²) < 4.78 is 1.93. The highest BCUT2D eigenvalue weighted by molar-refractivity contribution is 6.40. The van der Waals surface area contributed by atoms with Gasteiger partial charge in [0.05, 0.1) is 40.0 Å². The standard InChI is InChI=1S/C27H33Cl2N3O3/c1-17-20(14-30-32(17)19-8-10-27(4,11-9-19)18(2)33)25(35)31(16-26(3)12-13-26)15-23(34)24-21(28)6-5-7-22(24)29/h5-7,14,19H,8-13,15-16H2,1-4H3/t19-,27-. The molecule has 2 fully saturated rings. The summed E-state index contributed by atoms with van der Waals surface area (Å²) in [5.74, 6) is -0.252. The van der Waals surface area contributed by atoms with Crippen molar-refractivity contribution < 1.29 is 14.4 Å². The van der Waals surface area contributed by atoms with Crippen LogP contribution < -0.4 is 0 Å². The zero-order valence-corrected chi connectivity index (χ0v) is 22.4. The summed E-state index contributed by atoms with van der Waals surface area (Å²) in [6, 6.07) is 5.11. The molecule has 188 valence electrons. The molecule has 0 atom stereocenters. The molecule has 2 aliphatic rings. The number of nitrogens with zero attached hydrogens (tertiary/aromatic N) is 3. The Bertz CT molecular complexity index is 1140. The van der Waals surface area contributed by atoms with Gasteiger partial charge in [-0.1, -0.05) is 43.1 Å². The quantitative estimate of drug-likeness (QED) is 0.383. The van der Waals surface area contributed by atoms with Gasteiger partial charge in [0.1, 0.15) is 5.78 Å². The Labute approximate surface area is 217 Å². The number of ketones is 2. The summed E-state index contributed by atoms with van der Waals surface area (Å²) >= 11 is 12.5. The van der Waals surface area contributed by atoms with Gasteiger partial charge in [0.25, 0.3) is 5.91 Å². The highest BCUT2D eigenvalue weighted by Gasteiger charge is 2.41. The van der Waals surface area contributed by atoms with Crippen molar-refractivity contribution in [3.05, 3.63) is 51.3 Å². The fourth-order valence-corrected chi connectivity index (χ4v) is 5.66. The van der Waals surface area contributed by atoms with Gasteiger partial charge >= 0.3 is 0 Å². The van der Waals surface area contributed by atoms with E-state index in [0.717, 1.165) is 44.2 Å². The number of carbonyl (C=O) groups is 3. The average Bonchev–Trinajstić information content (AvgIpc) is 3.40. The summed E-state index contributed by atoms with van der Waals surface area (Å²) in [5, 5.41) is 5.14. The molecule has 0 saturated heterocycles. The summed E-state index contributed by atoms with van der Waals surface area (Å²) in [7, 11) is 0. The van der Waals surface area contributed by atoms with Crippen LogP contribution in [0.5, 0.6) is 0 Å². The first-order valence-electron chi connectivity index (χ1n) is 12.3. The van der Waals surface area contributed by atoms with Gasteiger partial charge in [-0.05, 0) is 69.9 Å². The lowest BCUT2D eigenvalue weighted by Crippen LogP contribution is -2.39. The van der Waals surface area contributed by atoms with Crippen LogP contribution in [0.25, 0.3) is 0 Å². The van der Waals surface area contributed by atoms with Gasteiger partial charge in [-0.15, -0.1) is 0 Å². The first-order valence-corrected chi connectivity index (χ1v) is 13.0. The number of aromatic nitrogens is 2. The molecule has 2 aliphatic carbocycles. The monoisotopic (exact) mass is 517 g/mol. The first kappa shape index (κ1) is 25.9. The predicted molar refractivity (Wildman–Crippen MR) is 137 cm³/mol. The number of halogens is 2. The second-order valence-electron chi connectivity index (χ2n) is 10.9. The van der Waals surface area contributed by atoms with Crippen LogP contribution in [-0.4, -0.2) is 45.2 Å². The molecule has 6 nitrogen and oxygen atoms in total. The molecular weight excluding hydrogens is 485 g/mol. The van der Waals surface area contributed by atoms with Crippen molar-refractivity contribution >= 4 is 40.7 Å². The zero-order chi connectivity index (χ0) is 25.5. The highest BCUT2D eigenvalue weighted by Crippen LogP contribution is 2.46. The Morgan fingerprint density at radius 1 is 1.09 bits per heavy atom. The van der Waals surface area contributed by atoms with Crippen LogP contribution in [-0.2, 0) is 4.79 Å². The Kier molecular flexibility index (Phi) is 7.18. The normalized spacial score (nSPS) is 23.1. The van der Waals surface area contributed by atoms with E-state index in [1.165, 1.54) is 0 Å². The minimum atomic E-state index is -0.279. The number of hydrogen-bond acceptors (Lipinski definition) is 4.